The molecule has 0 aliphatic heterocycles. The molecule has 0 fully saturated rings. The molecular formula is C13H14FNS. The van der Waals surface area contributed by atoms with E-state index in [4.69, 9.17) is 5.73 Å². The Morgan fingerprint density at radius 3 is 2.38 bits per heavy atom. The zero-order valence-corrected chi connectivity index (χ0v) is 9.93. The Morgan fingerprint density at radius 2 is 1.88 bits per heavy atom. The van der Waals surface area contributed by atoms with Gasteiger partial charge in [0, 0.05) is 22.2 Å². The van der Waals surface area contributed by atoms with E-state index in [0.717, 1.165) is 5.56 Å². The minimum absolute atomic E-state index is 0.180. The fourth-order valence-corrected chi connectivity index (χ4v) is 2.77. The smallest absolute Gasteiger partial charge is 0.123 e. The van der Waals surface area contributed by atoms with Crippen LogP contribution in [0, 0.1) is 12.7 Å². The molecule has 1 nitrogen and oxygen atoms in total. The van der Waals surface area contributed by atoms with E-state index in [2.05, 4.69) is 19.1 Å². The van der Waals surface area contributed by atoms with Crippen LogP contribution in [0.3, 0.4) is 0 Å². The van der Waals surface area contributed by atoms with E-state index < -0.39 is 0 Å². The summed E-state index contributed by atoms with van der Waals surface area (Å²) in [5, 5.41) is 0. The molecule has 16 heavy (non-hydrogen) atoms. The second-order valence-corrected chi connectivity index (χ2v) is 5.11. The Balaban J connectivity index is 2.32. The number of aryl methyl sites for hydroxylation is 1. The molecular weight excluding hydrogens is 221 g/mol. The highest BCUT2D eigenvalue weighted by atomic mass is 32.1. The van der Waals surface area contributed by atoms with Gasteiger partial charge in [0.25, 0.3) is 0 Å². The Labute approximate surface area is 98.7 Å². The third-order valence-electron chi connectivity index (χ3n) is 2.61. The highest BCUT2D eigenvalue weighted by Crippen LogP contribution is 2.29. The zero-order valence-electron chi connectivity index (χ0n) is 9.11. The third-order valence-corrected chi connectivity index (χ3v) is 3.73. The largest absolute Gasteiger partial charge is 0.329 e. The molecule has 0 aliphatic carbocycles. The van der Waals surface area contributed by atoms with Gasteiger partial charge in [-0.1, -0.05) is 12.1 Å². The molecule has 84 valence electrons. The van der Waals surface area contributed by atoms with Crippen molar-refractivity contribution in [1.82, 2.24) is 0 Å². The van der Waals surface area contributed by atoms with E-state index >= 15 is 0 Å². The molecule has 0 bridgehead atoms. The maximum atomic E-state index is 12.8. The summed E-state index contributed by atoms with van der Waals surface area (Å²) < 4.78 is 12.8. The first-order valence-electron chi connectivity index (χ1n) is 5.22. The number of thiophene rings is 1. The van der Waals surface area contributed by atoms with E-state index in [9.17, 15) is 4.39 Å². The van der Waals surface area contributed by atoms with E-state index in [1.54, 1.807) is 11.3 Å². The van der Waals surface area contributed by atoms with Crippen molar-refractivity contribution in [1.29, 1.82) is 0 Å². The van der Waals surface area contributed by atoms with Gasteiger partial charge in [-0.25, -0.2) is 4.39 Å². The van der Waals surface area contributed by atoms with Crippen molar-refractivity contribution in [3.05, 3.63) is 57.5 Å². The number of halogens is 1. The molecule has 0 aliphatic rings. The molecule has 0 spiro atoms. The van der Waals surface area contributed by atoms with Gasteiger partial charge in [0.2, 0.25) is 0 Å². The summed E-state index contributed by atoms with van der Waals surface area (Å²) in [7, 11) is 0. The monoisotopic (exact) mass is 235 g/mol. The third kappa shape index (κ3) is 2.31. The predicted octanol–water partition coefficient (Wildman–Crippen LogP) is 3.29. The first-order chi connectivity index (χ1) is 7.70. The van der Waals surface area contributed by atoms with Crippen LogP contribution >= 0.6 is 11.3 Å². The van der Waals surface area contributed by atoms with Crippen LogP contribution in [0.5, 0.6) is 0 Å². The van der Waals surface area contributed by atoms with Gasteiger partial charge in [-0.3, -0.25) is 0 Å². The molecule has 3 heteroatoms. The van der Waals surface area contributed by atoms with Gasteiger partial charge in [0.05, 0.1) is 0 Å². The maximum absolute atomic E-state index is 12.8. The fourth-order valence-electron chi connectivity index (χ4n) is 1.75. The van der Waals surface area contributed by atoms with Crippen LogP contribution in [0.2, 0.25) is 0 Å². The number of hydrogen-bond donors (Lipinski definition) is 1. The minimum atomic E-state index is -0.207. The van der Waals surface area contributed by atoms with Gasteiger partial charge in [0.1, 0.15) is 5.82 Å². The number of hydrogen-bond acceptors (Lipinski definition) is 2. The lowest BCUT2D eigenvalue weighted by Crippen LogP contribution is -2.12. The van der Waals surface area contributed by atoms with Crippen LogP contribution < -0.4 is 5.73 Å². The summed E-state index contributed by atoms with van der Waals surface area (Å²) in [6, 6.07) is 10.8. The van der Waals surface area contributed by atoms with Crippen LogP contribution in [0.15, 0.2) is 36.4 Å². The lowest BCUT2D eigenvalue weighted by Gasteiger charge is -2.13. The molecule has 2 aromatic rings. The van der Waals surface area contributed by atoms with E-state index in [-0.39, 0.29) is 11.7 Å². The molecule has 1 aromatic heterocycles. The predicted molar refractivity (Wildman–Crippen MR) is 66.4 cm³/mol. The Bertz CT molecular complexity index is 461. The summed E-state index contributed by atoms with van der Waals surface area (Å²) in [5.41, 5.74) is 6.87. The van der Waals surface area contributed by atoms with Gasteiger partial charge < -0.3 is 5.73 Å². The van der Waals surface area contributed by atoms with Gasteiger partial charge in [-0.05, 0) is 36.8 Å². The highest BCUT2D eigenvalue weighted by Gasteiger charge is 2.13. The molecule has 2 rings (SSSR count). The summed E-state index contributed by atoms with van der Waals surface area (Å²) in [6.45, 7) is 2.62. The first kappa shape index (κ1) is 11.3. The molecule has 0 saturated heterocycles. The summed E-state index contributed by atoms with van der Waals surface area (Å²) in [4.78, 5) is 2.52. The lowest BCUT2D eigenvalue weighted by atomic mass is 9.98. The average molecular weight is 235 g/mol. The van der Waals surface area contributed by atoms with Crippen LogP contribution in [0.4, 0.5) is 4.39 Å². The highest BCUT2D eigenvalue weighted by molar-refractivity contribution is 7.12. The Hall–Kier alpha value is -1.19. The standard InChI is InChI=1S/C13H14FNS/c1-9-2-7-13(16-9)12(8-15)10-3-5-11(14)6-4-10/h2-7,12H,8,15H2,1H3. The SMILES string of the molecule is Cc1ccc(C(CN)c2ccc(F)cc2)s1. The summed E-state index contributed by atoms with van der Waals surface area (Å²) >= 11 is 1.75. The molecule has 0 radical (unpaired) electrons. The fraction of sp³-hybridized carbons (Fsp3) is 0.231. The van der Waals surface area contributed by atoms with Gasteiger partial charge in [-0.2, -0.15) is 0 Å². The minimum Gasteiger partial charge on any atom is -0.329 e. The van der Waals surface area contributed by atoms with E-state index in [1.165, 1.54) is 21.9 Å². The van der Waals surface area contributed by atoms with Crippen molar-refractivity contribution in [2.75, 3.05) is 6.54 Å². The molecule has 0 saturated carbocycles. The second kappa shape index (κ2) is 4.76. The topological polar surface area (TPSA) is 26.0 Å². The number of nitrogens with two attached hydrogens (primary N) is 1. The molecule has 0 amide bonds. The number of benzene rings is 1. The summed E-state index contributed by atoms with van der Waals surface area (Å²) in [5.74, 6) is -0.0267. The zero-order chi connectivity index (χ0) is 11.5. The normalized spacial score (nSPS) is 12.7. The van der Waals surface area contributed by atoms with Gasteiger partial charge in [0.15, 0.2) is 0 Å². The molecule has 1 unspecified atom stereocenters. The average Bonchev–Trinajstić information content (AvgIpc) is 2.69. The Kier molecular flexibility index (Phi) is 3.36. The molecule has 1 heterocycles. The van der Waals surface area contributed by atoms with Gasteiger partial charge in [-0.15, -0.1) is 11.3 Å². The van der Waals surface area contributed by atoms with Crippen LogP contribution in [0.1, 0.15) is 21.2 Å². The van der Waals surface area contributed by atoms with Crippen molar-refractivity contribution in [3.63, 3.8) is 0 Å². The lowest BCUT2D eigenvalue weighted by molar-refractivity contribution is 0.626. The van der Waals surface area contributed by atoms with Crippen molar-refractivity contribution in [2.45, 2.75) is 12.8 Å². The Morgan fingerprint density at radius 1 is 1.19 bits per heavy atom. The quantitative estimate of drug-likeness (QED) is 0.868. The number of rotatable bonds is 3. The molecule has 1 atom stereocenters. The van der Waals surface area contributed by atoms with Crippen molar-refractivity contribution in [3.8, 4) is 0 Å². The van der Waals surface area contributed by atoms with Gasteiger partial charge >= 0.3 is 0 Å². The first-order valence-corrected chi connectivity index (χ1v) is 6.04. The maximum Gasteiger partial charge on any atom is 0.123 e. The van der Waals surface area contributed by atoms with Crippen LogP contribution in [0.25, 0.3) is 0 Å². The second-order valence-electron chi connectivity index (χ2n) is 3.79. The van der Waals surface area contributed by atoms with Crippen molar-refractivity contribution < 1.29 is 4.39 Å². The summed E-state index contributed by atoms with van der Waals surface area (Å²) in [6.07, 6.45) is 0. The van der Waals surface area contributed by atoms with E-state index in [0.29, 0.717) is 6.54 Å². The van der Waals surface area contributed by atoms with Crippen molar-refractivity contribution >= 4 is 11.3 Å². The molecule has 1 aromatic carbocycles. The van der Waals surface area contributed by atoms with E-state index in [1.807, 2.05) is 12.1 Å². The van der Waals surface area contributed by atoms with Crippen LogP contribution in [-0.4, -0.2) is 6.54 Å². The van der Waals surface area contributed by atoms with Crippen molar-refractivity contribution in [2.24, 2.45) is 5.73 Å². The molecule has 2 N–H and O–H groups in total. The van der Waals surface area contributed by atoms with Crippen LogP contribution in [-0.2, 0) is 0 Å².